The van der Waals surface area contributed by atoms with Gasteiger partial charge in [-0.1, -0.05) is 48.0 Å². The number of aryl methyl sites for hydroxylation is 1. The molecule has 3 aromatic carbocycles. The minimum Gasteiger partial charge on any atom is -0.449 e. The third-order valence-electron chi connectivity index (χ3n) is 5.39. The van der Waals surface area contributed by atoms with E-state index in [0.29, 0.717) is 22.3 Å². The van der Waals surface area contributed by atoms with Crippen molar-refractivity contribution in [3.63, 3.8) is 0 Å². The number of anilines is 2. The number of hydrogen-bond acceptors (Lipinski definition) is 5. The van der Waals surface area contributed by atoms with Crippen molar-refractivity contribution in [1.82, 2.24) is 9.78 Å². The number of nitrogens with one attached hydrogen (secondary N) is 2. The molecule has 0 bridgehead atoms. The van der Waals surface area contributed by atoms with E-state index in [1.54, 1.807) is 48.5 Å². The minimum absolute atomic E-state index is 0.0850. The Kier molecular flexibility index (Phi) is 5.68. The fraction of sp³-hybridized carbons (Fsp3) is 0.0370. The van der Waals surface area contributed by atoms with Gasteiger partial charge in [0, 0.05) is 23.3 Å². The van der Waals surface area contributed by atoms with Gasteiger partial charge >= 0.3 is 0 Å². The molecule has 0 saturated carbocycles. The first kappa shape index (κ1) is 21.8. The van der Waals surface area contributed by atoms with E-state index in [9.17, 15) is 14.4 Å². The predicted octanol–water partition coefficient (Wildman–Crippen LogP) is 4.79. The fourth-order valence-electron chi connectivity index (χ4n) is 3.62. The van der Waals surface area contributed by atoms with Crippen LogP contribution in [0.1, 0.15) is 26.6 Å². The molecular formula is C27H20N4O4. The zero-order valence-corrected chi connectivity index (χ0v) is 18.7. The van der Waals surface area contributed by atoms with Crippen molar-refractivity contribution in [1.29, 1.82) is 0 Å². The molecule has 0 unspecified atom stereocenters. The number of nitrogens with zero attached hydrogens (tertiary/aromatic N) is 2. The van der Waals surface area contributed by atoms with Crippen LogP contribution in [0.15, 0.2) is 100 Å². The second-order valence-corrected chi connectivity index (χ2v) is 7.89. The molecule has 5 aromatic rings. The molecule has 8 heteroatoms. The van der Waals surface area contributed by atoms with Gasteiger partial charge in [-0.2, -0.15) is 5.10 Å². The summed E-state index contributed by atoms with van der Waals surface area (Å²) in [7, 11) is 0. The van der Waals surface area contributed by atoms with Gasteiger partial charge in [0.05, 0.1) is 5.69 Å². The molecule has 0 fully saturated rings. The molecule has 0 atom stereocenters. The van der Waals surface area contributed by atoms with Crippen LogP contribution in [0.4, 0.5) is 11.4 Å². The SMILES string of the molecule is Cc1ccc(-n2ccc(=O)c(C(=O)Nc3c(C(=O)Nc4ccccc4)oc4ccccc34)n2)cc1. The standard InChI is InChI=1S/C27H20N4O4/c1-17-11-13-19(14-12-17)31-16-15-21(32)24(30-31)26(33)29-23-20-9-5-6-10-22(20)35-25(23)27(34)28-18-7-3-2-4-8-18/h2-16H,1H3,(H,28,34)(H,29,33). The fourth-order valence-corrected chi connectivity index (χ4v) is 3.62. The monoisotopic (exact) mass is 464 g/mol. The van der Waals surface area contributed by atoms with E-state index in [1.807, 2.05) is 37.3 Å². The summed E-state index contributed by atoms with van der Waals surface area (Å²) < 4.78 is 7.22. The lowest BCUT2D eigenvalue weighted by atomic mass is 10.2. The smallest absolute Gasteiger partial charge is 0.293 e. The van der Waals surface area contributed by atoms with E-state index < -0.39 is 17.2 Å². The molecule has 2 heterocycles. The van der Waals surface area contributed by atoms with Crippen molar-refractivity contribution in [3.05, 3.63) is 118 Å². The van der Waals surface area contributed by atoms with Gasteiger partial charge in [0.15, 0.2) is 5.69 Å². The lowest BCUT2D eigenvalue weighted by Crippen LogP contribution is -2.26. The largest absolute Gasteiger partial charge is 0.449 e. The normalized spacial score (nSPS) is 10.8. The Morgan fingerprint density at radius 1 is 0.829 bits per heavy atom. The number of furan rings is 1. The second kappa shape index (κ2) is 9.11. The Morgan fingerprint density at radius 2 is 1.54 bits per heavy atom. The average molecular weight is 464 g/mol. The highest BCUT2D eigenvalue weighted by molar-refractivity contribution is 6.16. The molecule has 0 spiro atoms. The molecule has 2 N–H and O–H groups in total. The Balaban J connectivity index is 1.51. The molecule has 2 amide bonds. The van der Waals surface area contributed by atoms with Crippen LogP contribution in [0, 0.1) is 6.92 Å². The molecule has 0 saturated heterocycles. The van der Waals surface area contributed by atoms with Gasteiger partial charge in [-0.3, -0.25) is 14.4 Å². The topological polar surface area (TPSA) is 106 Å². The number of rotatable bonds is 5. The van der Waals surface area contributed by atoms with Crippen LogP contribution in [-0.4, -0.2) is 21.6 Å². The van der Waals surface area contributed by atoms with E-state index in [2.05, 4.69) is 15.7 Å². The maximum atomic E-state index is 13.2. The van der Waals surface area contributed by atoms with Crippen LogP contribution in [0.2, 0.25) is 0 Å². The summed E-state index contributed by atoms with van der Waals surface area (Å²) in [4.78, 5) is 38.7. The van der Waals surface area contributed by atoms with Gasteiger partial charge in [-0.25, -0.2) is 4.68 Å². The molecular weight excluding hydrogens is 444 g/mol. The van der Waals surface area contributed by atoms with Crippen molar-refractivity contribution >= 4 is 34.2 Å². The molecule has 35 heavy (non-hydrogen) atoms. The molecule has 5 rings (SSSR count). The van der Waals surface area contributed by atoms with Gasteiger partial charge in [0.1, 0.15) is 11.3 Å². The maximum absolute atomic E-state index is 13.2. The quantitative estimate of drug-likeness (QED) is 0.389. The Labute approximate surface area is 199 Å². The van der Waals surface area contributed by atoms with Gasteiger partial charge in [-0.15, -0.1) is 0 Å². The minimum atomic E-state index is -0.753. The predicted molar refractivity (Wildman–Crippen MR) is 133 cm³/mol. The maximum Gasteiger partial charge on any atom is 0.293 e. The average Bonchev–Trinajstić information content (AvgIpc) is 3.24. The number of aromatic nitrogens is 2. The first-order valence-corrected chi connectivity index (χ1v) is 10.9. The Hall–Kier alpha value is -4.98. The van der Waals surface area contributed by atoms with Gasteiger partial charge < -0.3 is 15.1 Å². The first-order chi connectivity index (χ1) is 17.0. The van der Waals surface area contributed by atoms with Crippen LogP contribution in [0.3, 0.4) is 0 Å². The first-order valence-electron chi connectivity index (χ1n) is 10.9. The highest BCUT2D eigenvalue weighted by Gasteiger charge is 2.24. The zero-order valence-electron chi connectivity index (χ0n) is 18.7. The van der Waals surface area contributed by atoms with E-state index in [-0.39, 0.29) is 17.1 Å². The number of para-hydroxylation sites is 2. The highest BCUT2D eigenvalue weighted by Crippen LogP contribution is 2.31. The number of carbonyl (C=O) groups is 2. The van der Waals surface area contributed by atoms with E-state index >= 15 is 0 Å². The van der Waals surface area contributed by atoms with Crippen molar-refractivity contribution in [2.24, 2.45) is 0 Å². The molecule has 0 aliphatic heterocycles. The van der Waals surface area contributed by atoms with Gasteiger partial charge in [0.2, 0.25) is 11.2 Å². The Bertz CT molecular complexity index is 1600. The lowest BCUT2D eigenvalue weighted by molar-refractivity contribution is 0.0999. The summed E-state index contributed by atoms with van der Waals surface area (Å²) in [6, 6.07) is 24.6. The van der Waals surface area contributed by atoms with Gasteiger partial charge in [-0.05, 0) is 43.3 Å². The second-order valence-electron chi connectivity index (χ2n) is 7.89. The summed E-state index contributed by atoms with van der Waals surface area (Å²) in [6.07, 6.45) is 1.50. The summed E-state index contributed by atoms with van der Waals surface area (Å²) in [5, 5.41) is 10.2. The van der Waals surface area contributed by atoms with Crippen LogP contribution in [0.25, 0.3) is 16.7 Å². The molecule has 0 radical (unpaired) electrons. The lowest BCUT2D eigenvalue weighted by Gasteiger charge is -2.09. The van der Waals surface area contributed by atoms with Crippen molar-refractivity contribution < 1.29 is 14.0 Å². The number of carbonyl (C=O) groups excluding carboxylic acids is 2. The Morgan fingerprint density at radius 3 is 2.31 bits per heavy atom. The highest BCUT2D eigenvalue weighted by atomic mass is 16.3. The molecule has 8 nitrogen and oxygen atoms in total. The molecule has 2 aromatic heterocycles. The number of benzene rings is 3. The van der Waals surface area contributed by atoms with Crippen LogP contribution < -0.4 is 16.1 Å². The summed E-state index contributed by atoms with van der Waals surface area (Å²) in [6.45, 7) is 1.96. The number of hydrogen-bond donors (Lipinski definition) is 2. The summed E-state index contributed by atoms with van der Waals surface area (Å²) >= 11 is 0. The zero-order chi connectivity index (χ0) is 24.4. The summed E-state index contributed by atoms with van der Waals surface area (Å²) in [5.41, 5.74) is 2.05. The van der Waals surface area contributed by atoms with Crippen molar-refractivity contribution in [2.45, 2.75) is 6.92 Å². The molecule has 0 aliphatic carbocycles. The van der Waals surface area contributed by atoms with Gasteiger partial charge in [0.25, 0.3) is 11.8 Å². The van der Waals surface area contributed by atoms with E-state index in [4.69, 9.17) is 4.42 Å². The third-order valence-corrected chi connectivity index (χ3v) is 5.39. The molecule has 172 valence electrons. The third kappa shape index (κ3) is 4.45. The van der Waals surface area contributed by atoms with Crippen molar-refractivity contribution in [2.75, 3.05) is 10.6 Å². The number of amides is 2. The van der Waals surface area contributed by atoms with Crippen LogP contribution in [-0.2, 0) is 0 Å². The molecule has 0 aliphatic rings. The van der Waals surface area contributed by atoms with Crippen LogP contribution in [0.5, 0.6) is 0 Å². The van der Waals surface area contributed by atoms with Crippen LogP contribution >= 0.6 is 0 Å². The number of fused-ring (bicyclic) bond motifs is 1. The van der Waals surface area contributed by atoms with E-state index in [1.165, 1.54) is 16.9 Å². The van der Waals surface area contributed by atoms with E-state index in [0.717, 1.165) is 5.56 Å². The van der Waals surface area contributed by atoms with Crippen molar-refractivity contribution in [3.8, 4) is 5.69 Å². The summed E-state index contributed by atoms with van der Waals surface area (Å²) in [5.74, 6) is -1.38.